The number of hydrogen-bond donors (Lipinski definition) is 0. The molecular weight excluding hydrogens is 747 g/mol. The SMILES string of the molecule is CCN(C)C(=O)Cc1ccc(-n2nc(C(F)(F)F)c3c2CCCC3)cc1.CN(Cc1ccccc1)C(=O)Cc1ccc(-n2nc(C(F)(F)F)c3c2CCCC3)cc1. The van der Waals surface area contributed by atoms with Crippen molar-refractivity contribution in [2.24, 2.45) is 0 Å². The first-order valence-corrected chi connectivity index (χ1v) is 19.2. The summed E-state index contributed by atoms with van der Waals surface area (Å²) >= 11 is 0. The molecule has 5 aromatic rings. The highest BCUT2D eigenvalue weighted by atomic mass is 19.4. The second-order valence-electron chi connectivity index (χ2n) is 14.6. The zero-order chi connectivity index (χ0) is 40.9. The molecule has 0 bridgehead atoms. The monoisotopic (exact) mass is 792 g/mol. The van der Waals surface area contributed by atoms with Gasteiger partial charge in [-0.3, -0.25) is 9.59 Å². The highest BCUT2D eigenvalue weighted by molar-refractivity contribution is 5.79. The lowest BCUT2D eigenvalue weighted by Crippen LogP contribution is -2.27. The summed E-state index contributed by atoms with van der Waals surface area (Å²) in [5.74, 6) is -0.0106. The molecule has 0 aliphatic heterocycles. The van der Waals surface area contributed by atoms with Gasteiger partial charge in [-0.2, -0.15) is 36.5 Å². The smallest absolute Gasteiger partial charge is 0.346 e. The second-order valence-corrected chi connectivity index (χ2v) is 14.6. The molecule has 0 saturated heterocycles. The van der Waals surface area contributed by atoms with Crippen molar-refractivity contribution >= 4 is 11.8 Å². The van der Waals surface area contributed by atoms with Crippen LogP contribution in [0.15, 0.2) is 78.9 Å². The topological polar surface area (TPSA) is 76.3 Å². The number of nitrogens with zero attached hydrogens (tertiary/aromatic N) is 6. The van der Waals surface area contributed by atoms with Crippen LogP contribution in [0.5, 0.6) is 0 Å². The van der Waals surface area contributed by atoms with Gasteiger partial charge in [-0.15, -0.1) is 0 Å². The van der Waals surface area contributed by atoms with Gasteiger partial charge in [0.25, 0.3) is 0 Å². The Morgan fingerprint density at radius 2 is 0.982 bits per heavy atom. The normalized spacial score (nSPS) is 13.9. The fourth-order valence-electron chi connectivity index (χ4n) is 7.33. The molecule has 14 heteroatoms. The van der Waals surface area contributed by atoms with Crippen LogP contribution in [-0.4, -0.2) is 61.8 Å². The number of amides is 2. The van der Waals surface area contributed by atoms with Gasteiger partial charge in [-0.05, 0) is 99.2 Å². The van der Waals surface area contributed by atoms with Crippen LogP contribution in [0, 0.1) is 0 Å². The van der Waals surface area contributed by atoms with Crippen LogP contribution in [0.25, 0.3) is 11.4 Å². The Bertz CT molecular complexity index is 2160. The van der Waals surface area contributed by atoms with Crippen LogP contribution in [0.1, 0.15) is 83.2 Å². The third-order valence-electron chi connectivity index (χ3n) is 10.6. The van der Waals surface area contributed by atoms with Gasteiger partial charge in [0.1, 0.15) is 0 Å². The van der Waals surface area contributed by atoms with Crippen LogP contribution in [0.3, 0.4) is 0 Å². The molecule has 57 heavy (non-hydrogen) atoms. The van der Waals surface area contributed by atoms with Gasteiger partial charge in [0, 0.05) is 49.7 Å². The van der Waals surface area contributed by atoms with Gasteiger partial charge in [0.05, 0.1) is 24.2 Å². The van der Waals surface area contributed by atoms with Gasteiger partial charge in [0.2, 0.25) is 11.8 Å². The minimum absolute atomic E-state index is 0.0103. The standard InChI is InChI=1S/C24H24F3N3O.C19H22F3N3O/c1-29(16-18-7-3-2-4-8-18)22(31)15-17-11-13-19(14-12-17)30-21-10-6-5-9-20(21)23(28-30)24(25,26)27;1-3-24(2)17(26)12-13-8-10-14(11-9-13)25-16-7-5-4-6-15(16)18(23-25)19(20,21)22/h2-4,7-8,11-14H,5-6,9-10,15-16H2,1H3;8-11H,3-7,12H2,1-2H3. The fourth-order valence-corrected chi connectivity index (χ4v) is 7.33. The second kappa shape index (κ2) is 17.4. The van der Waals surface area contributed by atoms with Crippen molar-refractivity contribution in [3.8, 4) is 11.4 Å². The number of aromatic nitrogens is 4. The van der Waals surface area contributed by atoms with Crippen molar-refractivity contribution in [3.05, 3.63) is 129 Å². The Kier molecular flexibility index (Phi) is 12.6. The maximum Gasteiger partial charge on any atom is 0.435 e. The Hall–Kier alpha value is -5.40. The molecule has 0 atom stereocenters. The first-order chi connectivity index (χ1) is 27.1. The van der Waals surface area contributed by atoms with Crippen molar-refractivity contribution in [2.45, 2.75) is 90.0 Å². The Morgan fingerprint density at radius 3 is 1.39 bits per heavy atom. The largest absolute Gasteiger partial charge is 0.435 e. The summed E-state index contributed by atoms with van der Waals surface area (Å²) < 4.78 is 83.0. The van der Waals surface area contributed by atoms with Crippen molar-refractivity contribution < 1.29 is 35.9 Å². The van der Waals surface area contributed by atoms with E-state index in [4.69, 9.17) is 0 Å². The Morgan fingerprint density at radius 1 is 0.579 bits per heavy atom. The molecule has 3 aromatic carbocycles. The molecule has 0 radical (unpaired) electrons. The molecule has 2 aliphatic rings. The number of likely N-dealkylation sites (N-methyl/N-ethyl adjacent to an activating group) is 2. The van der Waals surface area contributed by atoms with E-state index in [1.54, 1.807) is 72.4 Å². The first kappa shape index (κ1) is 41.2. The average Bonchev–Trinajstić information content (AvgIpc) is 3.79. The minimum atomic E-state index is -4.46. The molecule has 302 valence electrons. The summed E-state index contributed by atoms with van der Waals surface area (Å²) in [5, 5.41) is 7.80. The predicted octanol–water partition coefficient (Wildman–Crippen LogP) is 8.76. The van der Waals surface area contributed by atoms with Crippen molar-refractivity contribution in [1.82, 2.24) is 29.4 Å². The lowest BCUT2D eigenvalue weighted by molar-refractivity contribution is -0.142. The summed E-state index contributed by atoms with van der Waals surface area (Å²) in [6.45, 7) is 3.06. The lowest BCUT2D eigenvalue weighted by Gasteiger charge is -2.17. The third-order valence-corrected chi connectivity index (χ3v) is 10.6. The molecular formula is C43H46F6N6O2. The maximum atomic E-state index is 13.4. The van der Waals surface area contributed by atoms with Gasteiger partial charge in [0.15, 0.2) is 11.4 Å². The van der Waals surface area contributed by atoms with Gasteiger partial charge < -0.3 is 9.80 Å². The third kappa shape index (κ3) is 9.77. The zero-order valence-electron chi connectivity index (χ0n) is 32.3. The predicted molar refractivity (Wildman–Crippen MR) is 204 cm³/mol. The molecule has 7 rings (SSSR count). The lowest BCUT2D eigenvalue weighted by atomic mass is 9.95. The number of benzene rings is 3. The number of carbonyl (C=O) groups is 2. The Balaban J connectivity index is 0.000000196. The van der Waals surface area contributed by atoms with Crippen molar-refractivity contribution in [3.63, 3.8) is 0 Å². The number of alkyl halides is 6. The van der Waals surface area contributed by atoms with Gasteiger partial charge in [-0.25, -0.2) is 9.36 Å². The van der Waals surface area contributed by atoms with Crippen LogP contribution in [0.4, 0.5) is 26.3 Å². The Labute approximate surface area is 328 Å². The summed E-state index contributed by atoms with van der Waals surface area (Å²) in [6, 6.07) is 23.8. The quantitative estimate of drug-likeness (QED) is 0.140. The van der Waals surface area contributed by atoms with Crippen molar-refractivity contribution in [1.29, 1.82) is 0 Å². The van der Waals surface area contributed by atoms with E-state index in [2.05, 4.69) is 10.2 Å². The average molecular weight is 793 g/mol. The van der Waals surface area contributed by atoms with Crippen LogP contribution in [0.2, 0.25) is 0 Å². The molecule has 2 heterocycles. The van der Waals surface area contributed by atoms with E-state index in [0.717, 1.165) is 42.4 Å². The molecule has 2 aromatic heterocycles. The van der Waals surface area contributed by atoms with Crippen LogP contribution in [-0.2, 0) is 67.0 Å². The summed E-state index contributed by atoms with van der Waals surface area (Å²) in [7, 11) is 3.50. The molecule has 0 N–H and O–H groups in total. The first-order valence-electron chi connectivity index (χ1n) is 19.2. The fraction of sp³-hybridized carbons (Fsp3) is 0.395. The van der Waals surface area contributed by atoms with Crippen molar-refractivity contribution in [2.75, 3.05) is 20.6 Å². The summed E-state index contributed by atoms with van der Waals surface area (Å²) in [5.41, 5.74) is 4.27. The summed E-state index contributed by atoms with van der Waals surface area (Å²) in [4.78, 5) is 27.8. The molecule has 2 amide bonds. The van der Waals surface area contributed by atoms with Crippen LogP contribution < -0.4 is 0 Å². The number of hydrogen-bond acceptors (Lipinski definition) is 4. The molecule has 0 fully saturated rings. The van der Waals surface area contributed by atoms with E-state index in [1.807, 2.05) is 37.3 Å². The van der Waals surface area contributed by atoms with E-state index >= 15 is 0 Å². The number of halogens is 6. The minimum Gasteiger partial charge on any atom is -0.346 e. The van der Waals surface area contributed by atoms with E-state index < -0.39 is 23.7 Å². The molecule has 0 saturated carbocycles. The van der Waals surface area contributed by atoms with E-state index in [9.17, 15) is 35.9 Å². The highest BCUT2D eigenvalue weighted by Crippen LogP contribution is 2.38. The van der Waals surface area contributed by atoms with E-state index in [1.165, 1.54) is 9.36 Å². The molecule has 0 unspecified atom stereocenters. The van der Waals surface area contributed by atoms with Gasteiger partial charge >= 0.3 is 12.4 Å². The molecule has 2 aliphatic carbocycles. The van der Waals surface area contributed by atoms with E-state index in [0.29, 0.717) is 72.7 Å². The van der Waals surface area contributed by atoms with E-state index in [-0.39, 0.29) is 24.7 Å². The molecule has 8 nitrogen and oxygen atoms in total. The molecule has 0 spiro atoms. The summed E-state index contributed by atoms with van der Waals surface area (Å²) in [6.07, 6.45) is -3.15. The highest BCUT2D eigenvalue weighted by Gasteiger charge is 2.41. The number of rotatable bonds is 9. The number of fused-ring (bicyclic) bond motifs is 2. The number of carbonyl (C=O) groups excluding carboxylic acids is 2. The van der Waals surface area contributed by atoms with Crippen LogP contribution >= 0.6 is 0 Å². The zero-order valence-corrected chi connectivity index (χ0v) is 32.3. The van der Waals surface area contributed by atoms with Gasteiger partial charge in [-0.1, -0.05) is 54.6 Å². The maximum absolute atomic E-state index is 13.4.